The Hall–Kier alpha value is -4.22. The van der Waals surface area contributed by atoms with Gasteiger partial charge in [-0.25, -0.2) is 4.79 Å². The molecule has 0 spiro atoms. The quantitative estimate of drug-likeness (QED) is 0.202. The zero-order valence-electron chi connectivity index (χ0n) is 26.6. The van der Waals surface area contributed by atoms with Crippen molar-refractivity contribution in [1.29, 1.82) is 0 Å². The molecule has 0 aliphatic carbocycles. The average Bonchev–Trinajstić information content (AvgIpc) is 3.35. The molecule has 0 aromatic heterocycles. The minimum atomic E-state index is -1.25. The number of nitrogens with one attached hydrogen (secondary N) is 5. The summed E-state index contributed by atoms with van der Waals surface area (Å²) < 4.78 is 5.28. The van der Waals surface area contributed by atoms with Gasteiger partial charge in [0.1, 0.15) is 24.5 Å². The van der Waals surface area contributed by atoms with E-state index in [2.05, 4.69) is 26.6 Å². The van der Waals surface area contributed by atoms with E-state index >= 15 is 0 Å². The molecule has 1 aromatic rings. The largest absolute Gasteiger partial charge is 0.445 e. The SMILES string of the molecule is CC(=O)C/C=C(\C[C@@H]1CCNC1=O)NC(=O)[C@H](CC(C)C)NC(=O)[C@H](CNC(=O)C(C)(C)C)NC(=O)OCc1ccccc1. The van der Waals surface area contributed by atoms with E-state index in [9.17, 15) is 28.8 Å². The molecule has 1 fully saturated rings. The Labute approximate surface area is 259 Å². The van der Waals surface area contributed by atoms with Crippen LogP contribution in [0.5, 0.6) is 0 Å². The predicted molar refractivity (Wildman–Crippen MR) is 165 cm³/mol. The molecule has 3 atom stereocenters. The monoisotopic (exact) mass is 613 g/mol. The molecule has 1 aliphatic heterocycles. The molecule has 12 heteroatoms. The van der Waals surface area contributed by atoms with Gasteiger partial charge in [0, 0.05) is 36.5 Å². The van der Waals surface area contributed by atoms with Crippen LogP contribution >= 0.6 is 0 Å². The third-order valence-corrected chi connectivity index (χ3v) is 6.86. The number of carbonyl (C=O) groups excluding carboxylic acids is 6. The third kappa shape index (κ3) is 13.0. The van der Waals surface area contributed by atoms with Gasteiger partial charge in [-0.1, -0.05) is 71.0 Å². The molecule has 12 nitrogen and oxygen atoms in total. The summed E-state index contributed by atoms with van der Waals surface area (Å²) >= 11 is 0. The van der Waals surface area contributed by atoms with Crippen molar-refractivity contribution in [2.45, 2.75) is 85.9 Å². The van der Waals surface area contributed by atoms with Gasteiger partial charge in [0.15, 0.2) is 0 Å². The molecule has 0 unspecified atom stereocenters. The van der Waals surface area contributed by atoms with Crippen molar-refractivity contribution < 1.29 is 33.5 Å². The van der Waals surface area contributed by atoms with Crippen LogP contribution in [0.4, 0.5) is 4.79 Å². The molecule has 5 N–H and O–H groups in total. The van der Waals surface area contributed by atoms with E-state index in [1.54, 1.807) is 51.1 Å². The molecule has 44 heavy (non-hydrogen) atoms. The van der Waals surface area contributed by atoms with E-state index in [1.165, 1.54) is 6.92 Å². The highest BCUT2D eigenvalue weighted by Gasteiger charge is 2.31. The molecule has 242 valence electrons. The van der Waals surface area contributed by atoms with Crippen molar-refractivity contribution in [2.24, 2.45) is 17.3 Å². The first-order chi connectivity index (χ1) is 20.6. The molecule has 0 saturated carbocycles. The van der Waals surface area contributed by atoms with Crippen molar-refractivity contribution in [3.05, 3.63) is 47.7 Å². The second-order valence-electron chi connectivity index (χ2n) is 12.5. The zero-order valence-corrected chi connectivity index (χ0v) is 26.6. The topological polar surface area (TPSA) is 172 Å². The lowest BCUT2D eigenvalue weighted by atomic mass is 9.95. The van der Waals surface area contributed by atoms with Crippen LogP contribution in [0.2, 0.25) is 0 Å². The van der Waals surface area contributed by atoms with Crippen LogP contribution < -0.4 is 26.6 Å². The van der Waals surface area contributed by atoms with Gasteiger partial charge in [0.05, 0.1) is 0 Å². The molecule has 1 heterocycles. The van der Waals surface area contributed by atoms with E-state index in [4.69, 9.17) is 4.74 Å². The zero-order chi connectivity index (χ0) is 32.9. The first-order valence-corrected chi connectivity index (χ1v) is 15.0. The summed E-state index contributed by atoms with van der Waals surface area (Å²) in [5, 5.41) is 13.5. The number of ether oxygens (including phenoxy) is 1. The number of ketones is 1. The Morgan fingerprint density at radius 3 is 2.27 bits per heavy atom. The Kier molecular flexibility index (Phi) is 14.0. The van der Waals surface area contributed by atoms with Crippen LogP contribution in [-0.2, 0) is 35.3 Å². The number of benzene rings is 1. The highest BCUT2D eigenvalue weighted by Crippen LogP contribution is 2.19. The first-order valence-electron chi connectivity index (χ1n) is 15.0. The molecular weight excluding hydrogens is 566 g/mol. The van der Waals surface area contributed by atoms with Crippen LogP contribution in [0.25, 0.3) is 0 Å². The van der Waals surface area contributed by atoms with Crippen molar-refractivity contribution in [1.82, 2.24) is 26.6 Å². The van der Waals surface area contributed by atoms with E-state index < -0.39 is 35.4 Å². The number of allylic oxidation sites excluding steroid dienone is 2. The fraction of sp³-hybridized carbons (Fsp3) is 0.562. The average molecular weight is 614 g/mol. The number of hydrogen-bond acceptors (Lipinski definition) is 7. The summed E-state index contributed by atoms with van der Waals surface area (Å²) in [4.78, 5) is 76.0. The van der Waals surface area contributed by atoms with Gasteiger partial charge in [0.25, 0.3) is 0 Å². The number of hydrogen-bond donors (Lipinski definition) is 5. The van der Waals surface area contributed by atoms with Crippen molar-refractivity contribution in [3.63, 3.8) is 0 Å². The Morgan fingerprint density at radius 2 is 1.70 bits per heavy atom. The molecule has 0 radical (unpaired) electrons. The lowest BCUT2D eigenvalue weighted by Gasteiger charge is -2.26. The fourth-order valence-corrected chi connectivity index (χ4v) is 4.35. The van der Waals surface area contributed by atoms with E-state index in [0.29, 0.717) is 18.7 Å². The third-order valence-electron chi connectivity index (χ3n) is 6.86. The van der Waals surface area contributed by atoms with Gasteiger partial charge in [-0.2, -0.15) is 0 Å². The van der Waals surface area contributed by atoms with Gasteiger partial charge in [-0.3, -0.25) is 24.0 Å². The van der Waals surface area contributed by atoms with Crippen molar-refractivity contribution in [2.75, 3.05) is 13.1 Å². The summed E-state index contributed by atoms with van der Waals surface area (Å²) in [6, 6.07) is 6.75. The van der Waals surface area contributed by atoms with Gasteiger partial charge < -0.3 is 31.3 Å². The number of carbonyl (C=O) groups is 6. The van der Waals surface area contributed by atoms with Crippen molar-refractivity contribution >= 4 is 35.5 Å². The number of alkyl carbamates (subject to hydrolysis) is 1. The van der Waals surface area contributed by atoms with Crippen LogP contribution in [0.3, 0.4) is 0 Å². The number of amides is 5. The summed E-state index contributed by atoms with van der Waals surface area (Å²) in [6.07, 6.45) is 1.91. The predicted octanol–water partition coefficient (Wildman–Crippen LogP) is 2.48. The Bertz CT molecular complexity index is 1210. The molecule has 1 aliphatic rings. The maximum Gasteiger partial charge on any atom is 0.408 e. The molecule has 2 rings (SSSR count). The second kappa shape index (κ2) is 17.2. The van der Waals surface area contributed by atoms with Crippen LogP contribution in [-0.4, -0.2) is 60.7 Å². The summed E-state index contributed by atoms with van der Waals surface area (Å²) in [7, 11) is 0. The van der Waals surface area contributed by atoms with Crippen LogP contribution in [0.15, 0.2) is 42.1 Å². The Morgan fingerprint density at radius 1 is 1.02 bits per heavy atom. The van der Waals surface area contributed by atoms with E-state index in [1.807, 2.05) is 19.9 Å². The number of Topliss-reactive ketones (excluding diaryl/α,β-unsaturated/α-hetero) is 1. The molecule has 5 amide bonds. The minimum absolute atomic E-state index is 0.000788. The fourth-order valence-electron chi connectivity index (χ4n) is 4.35. The summed E-state index contributed by atoms with van der Waals surface area (Å²) in [5.41, 5.74) is 0.433. The van der Waals surface area contributed by atoms with Gasteiger partial charge >= 0.3 is 6.09 Å². The Balaban J connectivity index is 2.19. The lowest BCUT2D eigenvalue weighted by Crippen LogP contribution is -2.57. The molecule has 1 aromatic carbocycles. The smallest absolute Gasteiger partial charge is 0.408 e. The van der Waals surface area contributed by atoms with Crippen molar-refractivity contribution in [3.8, 4) is 0 Å². The van der Waals surface area contributed by atoms with E-state index in [-0.39, 0.29) is 61.8 Å². The van der Waals surface area contributed by atoms with Gasteiger partial charge in [-0.15, -0.1) is 0 Å². The minimum Gasteiger partial charge on any atom is -0.445 e. The molecule has 0 bridgehead atoms. The van der Waals surface area contributed by atoms with Gasteiger partial charge in [-0.05, 0) is 37.7 Å². The molecule has 1 saturated heterocycles. The number of rotatable bonds is 15. The standard InChI is InChI=1S/C32H47N5O7/c1-20(2)16-25(28(40)35-24(13-12-21(3)38)17-23-14-15-33-27(23)39)36-29(41)26(18-34-30(42)32(4,5)6)37-31(43)44-19-22-10-8-7-9-11-22/h7-11,13,20,23,25-26H,12,14-19H2,1-6H3,(H,33,39)(H,34,42)(H,35,40)(H,36,41)(H,37,43)/b24-13+/t23-,25-,26-/m0/s1. The summed E-state index contributed by atoms with van der Waals surface area (Å²) in [6.45, 7) is 10.6. The highest BCUT2D eigenvalue weighted by molar-refractivity contribution is 5.92. The second-order valence-corrected chi connectivity index (χ2v) is 12.5. The molecular formula is C32H47N5O7. The normalized spacial score (nSPS) is 16.4. The lowest BCUT2D eigenvalue weighted by molar-refractivity contribution is -0.131. The van der Waals surface area contributed by atoms with Crippen LogP contribution in [0, 0.1) is 17.3 Å². The van der Waals surface area contributed by atoms with Crippen LogP contribution in [0.1, 0.15) is 72.8 Å². The first kappa shape index (κ1) is 36.0. The highest BCUT2D eigenvalue weighted by atomic mass is 16.5. The summed E-state index contributed by atoms with van der Waals surface area (Å²) in [5.74, 6) is -2.11. The maximum atomic E-state index is 13.5. The van der Waals surface area contributed by atoms with E-state index in [0.717, 1.165) is 5.56 Å². The van der Waals surface area contributed by atoms with Gasteiger partial charge in [0.2, 0.25) is 23.6 Å². The maximum absolute atomic E-state index is 13.5.